The fraction of sp³-hybridized carbons (Fsp3) is 0.467. The van der Waals surface area contributed by atoms with Crippen LogP contribution in [0.15, 0.2) is 18.2 Å². The lowest BCUT2D eigenvalue weighted by Crippen LogP contribution is -2.69. The van der Waals surface area contributed by atoms with Crippen LogP contribution in [0.25, 0.3) is 0 Å². The minimum absolute atomic E-state index is 0.331. The van der Waals surface area contributed by atoms with E-state index in [-0.39, 0.29) is 5.78 Å². The van der Waals surface area contributed by atoms with Crippen LogP contribution in [0.1, 0.15) is 24.5 Å². The average Bonchev–Trinajstić information content (AvgIpc) is 2.46. The second kappa shape index (κ2) is 4.46. The molecule has 0 saturated heterocycles. The Morgan fingerprint density at radius 1 is 1.32 bits per heavy atom. The topological polar surface area (TPSA) is 63.4 Å². The van der Waals surface area contributed by atoms with Gasteiger partial charge < -0.3 is 10.6 Å². The fourth-order valence-corrected chi connectivity index (χ4v) is 3.01. The second-order valence-electron chi connectivity index (χ2n) is 5.31. The summed E-state index contributed by atoms with van der Waals surface area (Å²) in [7, 11) is 0. The minimum Gasteiger partial charge on any atom is -0.359 e. The Morgan fingerprint density at radius 2 is 2.11 bits per heavy atom. The van der Waals surface area contributed by atoms with Crippen molar-refractivity contribution in [2.75, 3.05) is 11.4 Å². The van der Waals surface area contributed by atoms with Crippen molar-refractivity contribution in [1.29, 1.82) is 0 Å². The predicted molar refractivity (Wildman–Crippen MR) is 73.3 cm³/mol. The Kier molecular flexibility index (Phi) is 2.90. The summed E-state index contributed by atoms with van der Waals surface area (Å²) in [6, 6.07) is 5.31. The average molecular weight is 258 g/mol. The maximum absolute atomic E-state index is 11.8. The van der Waals surface area contributed by atoms with E-state index in [2.05, 4.69) is 25.1 Å². The summed E-state index contributed by atoms with van der Waals surface area (Å²) in [6.07, 6.45) is 2.99. The Labute approximate surface area is 112 Å². The van der Waals surface area contributed by atoms with Crippen molar-refractivity contribution in [2.24, 2.45) is 5.73 Å². The first-order valence-electron chi connectivity index (χ1n) is 6.85. The lowest BCUT2D eigenvalue weighted by Gasteiger charge is -2.43. The monoisotopic (exact) mass is 258 g/mol. The molecule has 3 rings (SSSR count). The smallest absolute Gasteiger partial charge is 0.224 e. The van der Waals surface area contributed by atoms with Crippen LogP contribution in [0.5, 0.6) is 0 Å². The number of benzene rings is 1. The third-order valence-electron chi connectivity index (χ3n) is 4.20. The van der Waals surface area contributed by atoms with Crippen molar-refractivity contribution in [2.45, 2.75) is 38.3 Å². The molecule has 4 nitrogen and oxygen atoms in total. The number of nitrogens with two attached hydrogens (primary N) is 1. The number of hydrogen-bond donors (Lipinski definition) is 1. The Bertz CT molecular complexity index is 553. The number of rotatable bonds is 2. The molecular formula is C15H18N2O2. The van der Waals surface area contributed by atoms with Crippen molar-refractivity contribution in [3.8, 4) is 0 Å². The molecule has 1 aromatic carbocycles. The summed E-state index contributed by atoms with van der Waals surface area (Å²) in [5.41, 5.74) is 9.39. The van der Waals surface area contributed by atoms with Gasteiger partial charge in [-0.15, -0.1) is 0 Å². The SMILES string of the molecule is CCc1ccc2c(c1)N(C1C(=O)C(=O)C1N)CCC2. The Hall–Kier alpha value is -1.68. The van der Waals surface area contributed by atoms with Crippen molar-refractivity contribution in [1.82, 2.24) is 0 Å². The maximum atomic E-state index is 11.8. The first-order chi connectivity index (χ1) is 9.13. The van der Waals surface area contributed by atoms with Crippen LogP contribution in [-0.2, 0) is 22.4 Å². The Balaban J connectivity index is 1.98. The number of carbonyl (C=O) groups is 2. The van der Waals surface area contributed by atoms with Crippen LogP contribution in [0.4, 0.5) is 5.69 Å². The first kappa shape index (κ1) is 12.4. The standard InChI is InChI=1S/C15H18N2O2/c1-2-9-5-6-10-4-3-7-17(11(10)8-9)13-12(16)14(18)15(13)19/h5-6,8,12-13H,2-4,7,16H2,1H3. The van der Waals surface area contributed by atoms with Crippen LogP contribution in [0, 0.1) is 0 Å². The highest BCUT2D eigenvalue weighted by molar-refractivity contribution is 6.49. The molecule has 100 valence electrons. The molecule has 1 fully saturated rings. The molecule has 0 spiro atoms. The zero-order chi connectivity index (χ0) is 13.6. The lowest BCUT2D eigenvalue weighted by molar-refractivity contribution is -0.145. The van der Waals surface area contributed by atoms with Crippen molar-refractivity contribution < 1.29 is 9.59 Å². The van der Waals surface area contributed by atoms with E-state index in [1.54, 1.807) is 0 Å². The second-order valence-corrected chi connectivity index (χ2v) is 5.31. The summed E-state index contributed by atoms with van der Waals surface area (Å²) in [5, 5.41) is 0. The zero-order valence-electron chi connectivity index (χ0n) is 11.1. The summed E-state index contributed by atoms with van der Waals surface area (Å²) in [4.78, 5) is 25.1. The molecule has 2 N–H and O–H groups in total. The normalized spacial score (nSPS) is 26.1. The molecule has 1 aliphatic carbocycles. The molecule has 1 aromatic rings. The van der Waals surface area contributed by atoms with E-state index in [0.29, 0.717) is 0 Å². The van der Waals surface area contributed by atoms with Crippen LogP contribution in [0.2, 0.25) is 0 Å². The number of Topliss-reactive ketones (excluding diaryl/α,β-unsaturated/α-hetero) is 2. The molecule has 2 atom stereocenters. The van der Waals surface area contributed by atoms with Crippen LogP contribution >= 0.6 is 0 Å². The summed E-state index contributed by atoms with van der Waals surface area (Å²) in [6.45, 7) is 2.91. The first-order valence-corrected chi connectivity index (χ1v) is 6.85. The van der Waals surface area contributed by atoms with Crippen molar-refractivity contribution in [3.05, 3.63) is 29.3 Å². The quantitative estimate of drug-likeness (QED) is 0.799. The molecule has 0 amide bonds. The Morgan fingerprint density at radius 3 is 2.79 bits per heavy atom. The number of ketones is 2. The van der Waals surface area contributed by atoms with Gasteiger partial charge in [-0.2, -0.15) is 0 Å². The van der Waals surface area contributed by atoms with E-state index in [1.807, 2.05) is 4.90 Å². The van der Waals surface area contributed by atoms with Gasteiger partial charge in [0.05, 0.1) is 6.04 Å². The molecule has 1 heterocycles. The van der Waals surface area contributed by atoms with E-state index in [0.717, 1.165) is 31.5 Å². The van der Waals surface area contributed by atoms with E-state index < -0.39 is 17.9 Å². The summed E-state index contributed by atoms with van der Waals surface area (Å²) < 4.78 is 0. The van der Waals surface area contributed by atoms with Crippen LogP contribution in [0.3, 0.4) is 0 Å². The molecule has 2 unspecified atom stereocenters. The van der Waals surface area contributed by atoms with Gasteiger partial charge in [0.15, 0.2) is 0 Å². The molecule has 1 saturated carbocycles. The summed E-state index contributed by atoms with van der Waals surface area (Å²) >= 11 is 0. The van der Waals surface area contributed by atoms with Crippen molar-refractivity contribution in [3.63, 3.8) is 0 Å². The summed E-state index contributed by atoms with van der Waals surface area (Å²) in [5.74, 6) is -0.758. The zero-order valence-corrected chi connectivity index (χ0v) is 11.1. The van der Waals surface area contributed by atoms with Crippen molar-refractivity contribution >= 4 is 17.3 Å². The molecule has 2 aliphatic rings. The number of aryl methyl sites for hydroxylation is 2. The number of hydrogen-bond acceptors (Lipinski definition) is 4. The highest BCUT2D eigenvalue weighted by Crippen LogP contribution is 2.33. The van der Waals surface area contributed by atoms with Gasteiger partial charge in [-0.25, -0.2) is 0 Å². The minimum atomic E-state index is -0.649. The number of nitrogens with zero attached hydrogens (tertiary/aromatic N) is 1. The largest absolute Gasteiger partial charge is 0.359 e. The third-order valence-corrected chi connectivity index (χ3v) is 4.20. The molecule has 0 bridgehead atoms. The van der Waals surface area contributed by atoms with Gasteiger partial charge in [-0.3, -0.25) is 9.59 Å². The number of fused-ring (bicyclic) bond motifs is 1. The number of carbonyl (C=O) groups excluding carboxylic acids is 2. The van der Waals surface area contributed by atoms with E-state index in [4.69, 9.17) is 5.73 Å². The lowest BCUT2D eigenvalue weighted by atomic mass is 9.81. The van der Waals surface area contributed by atoms with Gasteiger partial charge in [-0.1, -0.05) is 19.1 Å². The van der Waals surface area contributed by atoms with Crippen LogP contribution < -0.4 is 10.6 Å². The maximum Gasteiger partial charge on any atom is 0.224 e. The van der Waals surface area contributed by atoms with Gasteiger partial charge in [0.25, 0.3) is 0 Å². The fourth-order valence-electron chi connectivity index (χ4n) is 3.01. The van der Waals surface area contributed by atoms with Gasteiger partial charge in [0.1, 0.15) is 6.04 Å². The number of anilines is 1. The van der Waals surface area contributed by atoms with Gasteiger partial charge >= 0.3 is 0 Å². The molecule has 0 radical (unpaired) electrons. The van der Waals surface area contributed by atoms with E-state index in [1.165, 1.54) is 11.1 Å². The highest BCUT2D eigenvalue weighted by atomic mass is 16.2. The van der Waals surface area contributed by atoms with E-state index in [9.17, 15) is 9.59 Å². The molecule has 1 aliphatic heterocycles. The predicted octanol–water partition coefficient (Wildman–Crippen LogP) is 0.849. The van der Waals surface area contributed by atoms with Gasteiger partial charge in [0, 0.05) is 12.2 Å². The van der Waals surface area contributed by atoms with Gasteiger partial charge in [-0.05, 0) is 36.5 Å². The highest BCUT2D eigenvalue weighted by Gasteiger charge is 2.50. The van der Waals surface area contributed by atoms with E-state index >= 15 is 0 Å². The molecule has 4 heteroatoms. The van der Waals surface area contributed by atoms with Crippen LogP contribution in [-0.4, -0.2) is 30.2 Å². The molecular weight excluding hydrogens is 240 g/mol. The molecule has 19 heavy (non-hydrogen) atoms. The molecule has 0 aromatic heterocycles. The third kappa shape index (κ3) is 1.78. The van der Waals surface area contributed by atoms with Gasteiger partial charge in [0.2, 0.25) is 11.6 Å².